The molecule has 2 aromatic carbocycles. The Kier molecular flexibility index (Phi) is 4.57. The van der Waals surface area contributed by atoms with E-state index < -0.39 is 5.97 Å². The molecule has 2 aromatic rings. The molecule has 0 aliphatic carbocycles. The van der Waals surface area contributed by atoms with Crippen molar-refractivity contribution in [3.63, 3.8) is 0 Å². The molecular weight excluding hydrogens is 320 g/mol. The Labute approximate surface area is 126 Å². The van der Waals surface area contributed by atoms with Crippen LogP contribution in [0.4, 0.5) is 0 Å². The molecule has 0 fully saturated rings. The third kappa shape index (κ3) is 3.26. The maximum Gasteiger partial charge on any atom is 0.343 e. The summed E-state index contributed by atoms with van der Waals surface area (Å²) in [6.45, 7) is 3.69. The average molecular weight is 335 g/mol. The zero-order valence-corrected chi connectivity index (χ0v) is 12.9. The van der Waals surface area contributed by atoms with E-state index in [0.29, 0.717) is 11.3 Å². The van der Waals surface area contributed by atoms with E-state index in [-0.39, 0.29) is 6.61 Å². The van der Waals surface area contributed by atoms with Crippen molar-refractivity contribution in [2.75, 3.05) is 0 Å². The molecule has 2 rings (SSSR count). The average Bonchev–Trinajstić information content (AvgIpc) is 2.42. The number of halogens is 1. The second-order valence-electron chi connectivity index (χ2n) is 4.62. The van der Waals surface area contributed by atoms with E-state index in [4.69, 9.17) is 9.84 Å². The van der Waals surface area contributed by atoms with E-state index >= 15 is 0 Å². The monoisotopic (exact) mass is 334 g/mol. The Morgan fingerprint density at radius 1 is 1.20 bits per heavy atom. The molecule has 20 heavy (non-hydrogen) atoms. The van der Waals surface area contributed by atoms with E-state index in [2.05, 4.69) is 15.9 Å². The molecule has 104 valence electrons. The fourth-order valence-corrected chi connectivity index (χ4v) is 2.46. The van der Waals surface area contributed by atoms with Crippen LogP contribution >= 0.6 is 15.9 Å². The van der Waals surface area contributed by atoms with Gasteiger partial charge in [-0.05, 0) is 48.7 Å². The summed E-state index contributed by atoms with van der Waals surface area (Å²) in [4.78, 5) is 12.1. The van der Waals surface area contributed by atoms with Gasteiger partial charge in [0.25, 0.3) is 0 Å². The van der Waals surface area contributed by atoms with Gasteiger partial charge in [0.05, 0.1) is 12.2 Å². The lowest BCUT2D eigenvalue weighted by molar-refractivity contribution is 0.0732. The number of benzene rings is 2. The van der Waals surface area contributed by atoms with Crippen LogP contribution in [0, 0.1) is 13.8 Å². The molecule has 0 amide bonds. The SMILES string of the molecule is Cc1cc(CO)cc(C)c1OC(=O)c1cccc(Br)c1. The second-order valence-corrected chi connectivity index (χ2v) is 5.53. The Bertz CT molecular complexity index is 627. The summed E-state index contributed by atoms with van der Waals surface area (Å²) < 4.78 is 6.30. The Balaban J connectivity index is 2.28. The van der Waals surface area contributed by atoms with Gasteiger partial charge in [-0.15, -0.1) is 0 Å². The molecule has 0 atom stereocenters. The van der Waals surface area contributed by atoms with Crippen LogP contribution in [0.1, 0.15) is 27.0 Å². The zero-order valence-electron chi connectivity index (χ0n) is 11.3. The highest BCUT2D eigenvalue weighted by molar-refractivity contribution is 9.10. The van der Waals surface area contributed by atoms with Gasteiger partial charge in [0.2, 0.25) is 0 Å². The molecule has 0 heterocycles. The molecule has 0 radical (unpaired) electrons. The van der Waals surface area contributed by atoms with Crippen molar-refractivity contribution >= 4 is 21.9 Å². The van der Waals surface area contributed by atoms with Gasteiger partial charge in [-0.25, -0.2) is 4.79 Å². The van der Waals surface area contributed by atoms with Crippen molar-refractivity contribution in [1.82, 2.24) is 0 Å². The summed E-state index contributed by atoms with van der Waals surface area (Å²) >= 11 is 3.33. The normalized spacial score (nSPS) is 10.4. The summed E-state index contributed by atoms with van der Waals surface area (Å²) in [6, 6.07) is 10.7. The third-order valence-electron chi connectivity index (χ3n) is 2.96. The third-order valence-corrected chi connectivity index (χ3v) is 3.45. The van der Waals surface area contributed by atoms with Crippen molar-refractivity contribution in [2.45, 2.75) is 20.5 Å². The van der Waals surface area contributed by atoms with E-state index in [1.807, 2.05) is 32.0 Å². The van der Waals surface area contributed by atoms with E-state index in [1.165, 1.54) is 0 Å². The predicted molar refractivity (Wildman–Crippen MR) is 80.9 cm³/mol. The number of aliphatic hydroxyl groups excluding tert-OH is 1. The predicted octanol–water partition coefficient (Wildman–Crippen LogP) is 3.78. The first-order valence-electron chi connectivity index (χ1n) is 6.20. The van der Waals surface area contributed by atoms with Gasteiger partial charge in [-0.3, -0.25) is 0 Å². The molecule has 0 aliphatic rings. The highest BCUT2D eigenvalue weighted by Gasteiger charge is 2.13. The number of hydrogen-bond donors (Lipinski definition) is 1. The quantitative estimate of drug-likeness (QED) is 0.686. The molecule has 0 saturated carbocycles. The highest BCUT2D eigenvalue weighted by atomic mass is 79.9. The van der Waals surface area contributed by atoms with E-state index in [1.54, 1.807) is 18.2 Å². The van der Waals surface area contributed by atoms with Crippen molar-refractivity contribution in [1.29, 1.82) is 0 Å². The lowest BCUT2D eigenvalue weighted by Gasteiger charge is -2.12. The van der Waals surface area contributed by atoms with E-state index in [9.17, 15) is 4.79 Å². The van der Waals surface area contributed by atoms with Crippen LogP contribution < -0.4 is 4.74 Å². The Morgan fingerprint density at radius 3 is 2.40 bits per heavy atom. The molecule has 0 unspecified atom stereocenters. The van der Waals surface area contributed by atoms with Gasteiger partial charge >= 0.3 is 5.97 Å². The van der Waals surface area contributed by atoms with Gasteiger partial charge in [0.15, 0.2) is 0 Å². The lowest BCUT2D eigenvalue weighted by atomic mass is 10.1. The number of aryl methyl sites for hydroxylation is 2. The molecular formula is C16H15BrO3. The maximum absolute atomic E-state index is 12.1. The number of carbonyl (C=O) groups is 1. The lowest BCUT2D eigenvalue weighted by Crippen LogP contribution is -2.10. The van der Waals surface area contributed by atoms with Crippen LogP contribution in [0.3, 0.4) is 0 Å². The van der Waals surface area contributed by atoms with Crippen molar-refractivity contribution < 1.29 is 14.6 Å². The van der Waals surface area contributed by atoms with Gasteiger partial charge in [-0.2, -0.15) is 0 Å². The summed E-state index contributed by atoms with van der Waals surface area (Å²) in [7, 11) is 0. The van der Waals surface area contributed by atoms with Gasteiger partial charge < -0.3 is 9.84 Å². The van der Waals surface area contributed by atoms with Crippen LogP contribution in [0.25, 0.3) is 0 Å². The summed E-state index contributed by atoms with van der Waals surface area (Å²) in [6.07, 6.45) is 0. The van der Waals surface area contributed by atoms with Crippen LogP contribution in [-0.4, -0.2) is 11.1 Å². The maximum atomic E-state index is 12.1. The first-order chi connectivity index (χ1) is 9.51. The fourth-order valence-electron chi connectivity index (χ4n) is 2.06. The van der Waals surface area contributed by atoms with Crippen LogP contribution in [-0.2, 0) is 6.61 Å². The number of ether oxygens (including phenoxy) is 1. The van der Waals surface area contributed by atoms with Gasteiger partial charge in [0, 0.05) is 4.47 Å². The van der Waals surface area contributed by atoms with Crippen molar-refractivity contribution in [3.8, 4) is 5.75 Å². The van der Waals surface area contributed by atoms with Crippen LogP contribution in [0.2, 0.25) is 0 Å². The van der Waals surface area contributed by atoms with Crippen molar-refractivity contribution in [2.24, 2.45) is 0 Å². The Hall–Kier alpha value is -1.65. The number of aliphatic hydroxyl groups is 1. The molecule has 0 aromatic heterocycles. The van der Waals surface area contributed by atoms with E-state index in [0.717, 1.165) is 21.2 Å². The van der Waals surface area contributed by atoms with Crippen LogP contribution in [0.15, 0.2) is 40.9 Å². The fraction of sp³-hybridized carbons (Fsp3) is 0.188. The van der Waals surface area contributed by atoms with Crippen molar-refractivity contribution in [3.05, 3.63) is 63.1 Å². The molecule has 0 aliphatic heterocycles. The topological polar surface area (TPSA) is 46.5 Å². The number of carbonyl (C=O) groups excluding carboxylic acids is 1. The number of rotatable bonds is 3. The molecule has 0 saturated heterocycles. The highest BCUT2D eigenvalue weighted by Crippen LogP contribution is 2.26. The van der Waals surface area contributed by atoms with Crippen LogP contribution in [0.5, 0.6) is 5.75 Å². The second kappa shape index (κ2) is 6.20. The minimum absolute atomic E-state index is 0.0263. The molecule has 1 N–H and O–H groups in total. The van der Waals surface area contributed by atoms with Gasteiger partial charge in [0.1, 0.15) is 5.75 Å². The molecule has 0 spiro atoms. The van der Waals surface area contributed by atoms with Gasteiger partial charge in [-0.1, -0.05) is 34.1 Å². The molecule has 4 heteroatoms. The standard InChI is InChI=1S/C16H15BrO3/c1-10-6-12(9-18)7-11(2)15(10)20-16(19)13-4-3-5-14(17)8-13/h3-8,18H,9H2,1-2H3. The first kappa shape index (κ1) is 14.8. The summed E-state index contributed by atoms with van der Waals surface area (Å²) in [5.74, 6) is 0.154. The smallest absolute Gasteiger partial charge is 0.343 e. The Morgan fingerprint density at radius 2 is 1.85 bits per heavy atom. The summed E-state index contributed by atoms with van der Waals surface area (Å²) in [5, 5.41) is 9.15. The molecule has 0 bridgehead atoms. The number of esters is 1. The largest absolute Gasteiger partial charge is 0.422 e. The minimum atomic E-state index is -0.394. The summed E-state index contributed by atoms with van der Waals surface area (Å²) in [5.41, 5.74) is 2.96. The zero-order chi connectivity index (χ0) is 14.7. The number of hydrogen-bond acceptors (Lipinski definition) is 3. The molecule has 3 nitrogen and oxygen atoms in total. The minimum Gasteiger partial charge on any atom is -0.422 e. The first-order valence-corrected chi connectivity index (χ1v) is 6.99.